The molecular weight excluding hydrogens is 330 g/mol. The second kappa shape index (κ2) is 9.55. The van der Waals surface area contributed by atoms with Crippen molar-refractivity contribution < 1.29 is 4.74 Å². The van der Waals surface area contributed by atoms with Gasteiger partial charge in [0.25, 0.3) is 0 Å². The van der Waals surface area contributed by atoms with Gasteiger partial charge in [-0.15, -0.1) is 0 Å². The van der Waals surface area contributed by atoms with Crippen LogP contribution in [0.25, 0.3) is 0 Å². The number of aromatic nitrogens is 1. The van der Waals surface area contributed by atoms with Crippen LogP contribution in [0.15, 0.2) is 27.7 Å². The Morgan fingerprint density at radius 1 is 1.48 bits per heavy atom. The summed E-state index contributed by atoms with van der Waals surface area (Å²) in [5.74, 6) is 0.635. The normalized spacial score (nSPS) is 11.5. The van der Waals surface area contributed by atoms with E-state index in [1.807, 2.05) is 38.2 Å². The molecule has 116 valence electrons. The molecule has 0 N–H and O–H groups in total. The fourth-order valence-electron chi connectivity index (χ4n) is 1.56. The lowest BCUT2D eigenvalue weighted by atomic mass is 10.3. The molecule has 1 aromatic rings. The molecule has 4 nitrogen and oxygen atoms in total. The maximum absolute atomic E-state index is 5.71. The molecule has 5 heteroatoms. The zero-order chi connectivity index (χ0) is 15.7. The molecule has 0 atom stereocenters. The highest BCUT2D eigenvalue weighted by Crippen LogP contribution is 2.29. The van der Waals surface area contributed by atoms with E-state index >= 15 is 0 Å². The SMILES string of the molecule is C/C=C/CCCOc1nc(C)c(/N=C/N(C)CC)cc1Br. The van der Waals surface area contributed by atoms with Crippen molar-refractivity contribution in [1.29, 1.82) is 0 Å². The summed E-state index contributed by atoms with van der Waals surface area (Å²) < 4.78 is 6.55. The Balaban J connectivity index is 2.68. The van der Waals surface area contributed by atoms with Crippen LogP contribution in [0.4, 0.5) is 5.69 Å². The molecule has 0 saturated heterocycles. The average molecular weight is 354 g/mol. The Kier molecular flexibility index (Phi) is 8.05. The van der Waals surface area contributed by atoms with E-state index in [1.165, 1.54) is 0 Å². The van der Waals surface area contributed by atoms with Crippen LogP contribution in [0.1, 0.15) is 32.4 Å². The summed E-state index contributed by atoms with van der Waals surface area (Å²) in [6, 6.07) is 1.95. The molecule has 0 fully saturated rings. The Bertz CT molecular complexity index is 501. The fraction of sp³-hybridized carbons (Fsp3) is 0.500. The minimum Gasteiger partial charge on any atom is -0.477 e. The van der Waals surface area contributed by atoms with E-state index in [2.05, 4.69) is 45.0 Å². The molecule has 0 aliphatic rings. The van der Waals surface area contributed by atoms with Crippen molar-refractivity contribution in [3.63, 3.8) is 0 Å². The number of unbranched alkanes of at least 4 members (excludes halogenated alkanes) is 1. The van der Waals surface area contributed by atoms with Crippen LogP contribution in [-0.2, 0) is 0 Å². The number of halogens is 1. The van der Waals surface area contributed by atoms with E-state index in [0.29, 0.717) is 12.5 Å². The van der Waals surface area contributed by atoms with Crippen molar-refractivity contribution in [3.05, 3.63) is 28.4 Å². The van der Waals surface area contributed by atoms with Gasteiger partial charge in [0.2, 0.25) is 5.88 Å². The van der Waals surface area contributed by atoms with E-state index in [4.69, 9.17) is 4.74 Å². The molecule has 0 saturated carbocycles. The third-order valence-electron chi connectivity index (χ3n) is 2.99. The summed E-state index contributed by atoms with van der Waals surface area (Å²) in [6.07, 6.45) is 8.02. The second-order valence-corrected chi connectivity index (χ2v) is 5.61. The first-order valence-electron chi connectivity index (χ1n) is 7.24. The summed E-state index contributed by atoms with van der Waals surface area (Å²) in [7, 11) is 1.99. The van der Waals surface area contributed by atoms with Gasteiger partial charge >= 0.3 is 0 Å². The van der Waals surface area contributed by atoms with Crippen molar-refractivity contribution in [2.75, 3.05) is 20.2 Å². The van der Waals surface area contributed by atoms with Gasteiger partial charge in [-0.25, -0.2) is 9.98 Å². The summed E-state index contributed by atoms with van der Waals surface area (Å²) in [6.45, 7) is 7.63. The van der Waals surface area contributed by atoms with Crippen LogP contribution >= 0.6 is 15.9 Å². The van der Waals surface area contributed by atoms with Gasteiger partial charge in [0.1, 0.15) is 0 Å². The predicted octanol–water partition coefficient (Wildman–Crippen LogP) is 4.50. The van der Waals surface area contributed by atoms with Crippen molar-refractivity contribution >= 4 is 28.0 Å². The fourth-order valence-corrected chi connectivity index (χ4v) is 1.98. The van der Waals surface area contributed by atoms with Crippen LogP contribution < -0.4 is 4.74 Å². The molecular formula is C16H24BrN3O. The largest absolute Gasteiger partial charge is 0.477 e. The van der Waals surface area contributed by atoms with Gasteiger partial charge in [0.05, 0.1) is 28.8 Å². The molecule has 0 bridgehead atoms. The number of allylic oxidation sites excluding steroid dienone is 2. The van der Waals surface area contributed by atoms with E-state index < -0.39 is 0 Å². The highest BCUT2D eigenvalue weighted by atomic mass is 79.9. The number of aliphatic imine (C=N–C) groups is 1. The number of hydrogen-bond donors (Lipinski definition) is 0. The average Bonchev–Trinajstić information content (AvgIpc) is 2.48. The van der Waals surface area contributed by atoms with Crippen molar-refractivity contribution in [1.82, 2.24) is 9.88 Å². The molecule has 0 amide bonds. The minimum absolute atomic E-state index is 0.635. The quantitative estimate of drug-likeness (QED) is 0.299. The number of pyridine rings is 1. The number of nitrogens with zero attached hydrogens (tertiary/aromatic N) is 3. The first-order valence-corrected chi connectivity index (χ1v) is 8.03. The lowest BCUT2D eigenvalue weighted by Crippen LogP contribution is -2.14. The Morgan fingerprint density at radius 2 is 2.24 bits per heavy atom. The van der Waals surface area contributed by atoms with Crippen molar-refractivity contribution in [2.45, 2.75) is 33.6 Å². The van der Waals surface area contributed by atoms with E-state index in [9.17, 15) is 0 Å². The van der Waals surface area contributed by atoms with Gasteiger partial charge in [0, 0.05) is 13.6 Å². The van der Waals surface area contributed by atoms with Crippen LogP contribution in [-0.4, -0.2) is 36.4 Å². The predicted molar refractivity (Wildman–Crippen MR) is 92.7 cm³/mol. The second-order valence-electron chi connectivity index (χ2n) is 4.76. The molecule has 0 aliphatic heterocycles. The molecule has 0 spiro atoms. The van der Waals surface area contributed by atoms with Crippen molar-refractivity contribution in [2.24, 2.45) is 4.99 Å². The maximum Gasteiger partial charge on any atom is 0.228 e. The lowest BCUT2D eigenvalue weighted by molar-refractivity contribution is 0.298. The molecule has 21 heavy (non-hydrogen) atoms. The zero-order valence-corrected chi connectivity index (χ0v) is 14.9. The van der Waals surface area contributed by atoms with Crippen LogP contribution in [0.5, 0.6) is 5.88 Å². The number of aryl methyl sites for hydroxylation is 1. The van der Waals surface area contributed by atoms with Crippen LogP contribution in [0, 0.1) is 6.92 Å². The highest BCUT2D eigenvalue weighted by molar-refractivity contribution is 9.10. The van der Waals surface area contributed by atoms with Gasteiger partial charge in [-0.3, -0.25) is 0 Å². The third-order valence-corrected chi connectivity index (χ3v) is 3.56. The Hall–Kier alpha value is -1.36. The zero-order valence-electron chi connectivity index (χ0n) is 13.3. The molecule has 0 unspecified atom stereocenters. The molecule has 0 aromatic carbocycles. The highest BCUT2D eigenvalue weighted by Gasteiger charge is 2.08. The number of hydrogen-bond acceptors (Lipinski definition) is 3. The van der Waals surface area contributed by atoms with E-state index in [0.717, 1.165) is 35.2 Å². The Morgan fingerprint density at radius 3 is 2.90 bits per heavy atom. The standard InChI is InChI=1S/C16H24BrN3O/c1-5-7-8-9-10-21-16-14(17)11-15(13(3)19-16)18-12-20(4)6-2/h5,7,11-12H,6,8-10H2,1-4H3/b7-5+,18-12+. The summed E-state index contributed by atoms with van der Waals surface area (Å²) in [5.41, 5.74) is 1.71. The van der Waals surface area contributed by atoms with Gasteiger partial charge in [-0.05, 0) is 55.6 Å². The molecule has 1 heterocycles. The monoisotopic (exact) mass is 353 g/mol. The number of ether oxygens (including phenoxy) is 1. The smallest absolute Gasteiger partial charge is 0.228 e. The lowest BCUT2D eigenvalue weighted by Gasteiger charge is -2.11. The summed E-state index contributed by atoms with van der Waals surface area (Å²) >= 11 is 3.50. The summed E-state index contributed by atoms with van der Waals surface area (Å²) in [4.78, 5) is 10.9. The van der Waals surface area contributed by atoms with E-state index in [-0.39, 0.29) is 0 Å². The van der Waals surface area contributed by atoms with Crippen LogP contribution in [0.3, 0.4) is 0 Å². The van der Waals surface area contributed by atoms with Crippen molar-refractivity contribution in [3.8, 4) is 5.88 Å². The third kappa shape index (κ3) is 6.29. The topological polar surface area (TPSA) is 37.7 Å². The Labute approximate surface area is 136 Å². The van der Waals surface area contributed by atoms with Gasteiger partial charge < -0.3 is 9.64 Å². The first kappa shape index (κ1) is 17.7. The molecule has 1 rings (SSSR count). The number of rotatable bonds is 8. The van der Waals surface area contributed by atoms with Gasteiger partial charge in [0.15, 0.2) is 0 Å². The molecule has 0 radical (unpaired) electrons. The molecule has 0 aliphatic carbocycles. The minimum atomic E-state index is 0.635. The van der Waals surface area contributed by atoms with Gasteiger partial charge in [-0.2, -0.15) is 0 Å². The molecule has 1 aromatic heterocycles. The van der Waals surface area contributed by atoms with Gasteiger partial charge in [-0.1, -0.05) is 12.2 Å². The van der Waals surface area contributed by atoms with Crippen LogP contribution in [0.2, 0.25) is 0 Å². The maximum atomic E-state index is 5.71. The van der Waals surface area contributed by atoms with E-state index in [1.54, 1.807) is 0 Å². The first-order chi connectivity index (χ1) is 10.1. The summed E-state index contributed by atoms with van der Waals surface area (Å²) in [5, 5.41) is 0.